The van der Waals surface area contributed by atoms with Gasteiger partial charge in [-0.15, -0.1) is 0 Å². The fourth-order valence-electron chi connectivity index (χ4n) is 4.56. The summed E-state index contributed by atoms with van der Waals surface area (Å²) in [6.45, 7) is 3.64. The molecule has 6 nitrogen and oxygen atoms in total. The molecule has 158 valence electrons. The molecule has 2 heterocycles. The van der Waals surface area contributed by atoms with Crippen LogP contribution in [0.15, 0.2) is 12.1 Å². The Labute approximate surface area is 166 Å². The second-order valence-electron chi connectivity index (χ2n) is 8.26. The van der Waals surface area contributed by atoms with Gasteiger partial charge in [-0.2, -0.15) is 13.2 Å². The molecule has 2 atom stereocenters. The van der Waals surface area contributed by atoms with Gasteiger partial charge < -0.3 is 5.11 Å². The van der Waals surface area contributed by atoms with Crippen LogP contribution < -0.4 is 10.6 Å². The number of anilines is 1. The number of nitrogens with zero attached hydrogens (tertiary/aromatic N) is 2. The standard InChI is InChI=1S/C20H25F3N4O2/c1-11-8-14-15(9-12(11)2)27-18(24-14)25-17(29)19(27,20(21,22)23)26-16(28)10-13-6-4-3-5-7-13/h8-9,13,16,26,28H,3-7,10H2,1-2H3,(H,24,25,29). The van der Waals surface area contributed by atoms with Crippen LogP contribution in [-0.4, -0.2) is 33.0 Å². The number of carbonyl (C=O) groups excluding carboxylic acids is 1. The summed E-state index contributed by atoms with van der Waals surface area (Å²) in [6.07, 6.45) is -1.40. The van der Waals surface area contributed by atoms with Crippen LogP contribution in [0, 0.1) is 19.8 Å². The number of alkyl halides is 3. The highest BCUT2D eigenvalue weighted by Gasteiger charge is 2.67. The van der Waals surface area contributed by atoms with Crippen LogP contribution in [0.2, 0.25) is 0 Å². The van der Waals surface area contributed by atoms with E-state index in [9.17, 15) is 23.1 Å². The molecule has 0 spiro atoms. The van der Waals surface area contributed by atoms with Crippen molar-refractivity contribution in [2.24, 2.45) is 5.92 Å². The molecule has 1 aromatic carbocycles. The number of fused-ring (bicyclic) bond motifs is 3. The van der Waals surface area contributed by atoms with Crippen molar-refractivity contribution in [2.45, 2.75) is 70.4 Å². The number of rotatable bonds is 4. The Hall–Kier alpha value is -2.13. The van der Waals surface area contributed by atoms with E-state index in [1.54, 1.807) is 19.1 Å². The molecule has 3 N–H and O–H groups in total. The first-order valence-electron chi connectivity index (χ1n) is 9.97. The number of halogens is 3. The van der Waals surface area contributed by atoms with E-state index in [1.807, 2.05) is 6.92 Å². The van der Waals surface area contributed by atoms with Crippen LogP contribution in [0.5, 0.6) is 0 Å². The zero-order chi connectivity index (χ0) is 21.0. The molecule has 2 aromatic rings. The maximum absolute atomic E-state index is 14.4. The smallest absolute Gasteiger partial charge is 0.379 e. The highest BCUT2D eigenvalue weighted by Crippen LogP contribution is 2.44. The van der Waals surface area contributed by atoms with E-state index < -0.39 is 24.0 Å². The Morgan fingerprint density at radius 1 is 1.28 bits per heavy atom. The van der Waals surface area contributed by atoms with E-state index >= 15 is 0 Å². The average molecular weight is 410 g/mol. The minimum Gasteiger partial charge on any atom is -0.379 e. The fourth-order valence-corrected chi connectivity index (χ4v) is 4.56. The van der Waals surface area contributed by atoms with E-state index in [2.05, 4.69) is 15.6 Å². The van der Waals surface area contributed by atoms with Crippen molar-refractivity contribution in [3.63, 3.8) is 0 Å². The number of aromatic nitrogens is 2. The van der Waals surface area contributed by atoms with Gasteiger partial charge in [-0.25, -0.2) is 4.98 Å². The maximum Gasteiger partial charge on any atom is 0.435 e. The lowest BCUT2D eigenvalue weighted by Crippen LogP contribution is -2.64. The van der Waals surface area contributed by atoms with Gasteiger partial charge in [0.2, 0.25) is 5.95 Å². The molecule has 2 aliphatic rings. The number of hydrogen-bond acceptors (Lipinski definition) is 4. The highest BCUT2D eigenvalue weighted by molar-refractivity contribution is 6.03. The van der Waals surface area contributed by atoms with Gasteiger partial charge in [0, 0.05) is 0 Å². The molecule has 1 amide bonds. The van der Waals surface area contributed by atoms with E-state index in [-0.39, 0.29) is 23.8 Å². The monoisotopic (exact) mass is 410 g/mol. The summed E-state index contributed by atoms with van der Waals surface area (Å²) in [5.74, 6) is -1.31. The number of amides is 1. The van der Waals surface area contributed by atoms with Gasteiger partial charge in [0.1, 0.15) is 6.23 Å². The van der Waals surface area contributed by atoms with Gasteiger partial charge in [-0.3, -0.25) is 20.0 Å². The van der Waals surface area contributed by atoms with Crippen LogP contribution in [0.3, 0.4) is 0 Å². The second-order valence-corrected chi connectivity index (χ2v) is 8.26. The molecule has 4 rings (SSSR count). The molecule has 0 bridgehead atoms. The van der Waals surface area contributed by atoms with Crippen molar-refractivity contribution in [3.05, 3.63) is 23.3 Å². The van der Waals surface area contributed by atoms with Crippen molar-refractivity contribution in [1.29, 1.82) is 0 Å². The van der Waals surface area contributed by atoms with E-state index in [0.29, 0.717) is 5.52 Å². The molecule has 9 heteroatoms. The lowest BCUT2D eigenvalue weighted by Gasteiger charge is -2.35. The molecule has 0 radical (unpaired) electrons. The molecule has 0 saturated heterocycles. The third kappa shape index (κ3) is 3.20. The second kappa shape index (κ2) is 6.98. The number of aliphatic hydroxyl groups excluding tert-OH is 1. The van der Waals surface area contributed by atoms with Crippen LogP contribution in [0.1, 0.15) is 49.7 Å². The summed E-state index contributed by atoms with van der Waals surface area (Å²) in [4.78, 5) is 16.8. The molecule has 1 aromatic heterocycles. The molecule has 1 aliphatic heterocycles. The number of nitrogens with one attached hydrogen (secondary N) is 2. The molecule has 29 heavy (non-hydrogen) atoms. The van der Waals surface area contributed by atoms with Crippen molar-refractivity contribution in [2.75, 3.05) is 5.32 Å². The predicted molar refractivity (Wildman–Crippen MR) is 102 cm³/mol. The van der Waals surface area contributed by atoms with Crippen LogP contribution in [0.4, 0.5) is 19.1 Å². The Balaban J connectivity index is 1.77. The summed E-state index contributed by atoms with van der Waals surface area (Å²) in [6, 6.07) is 3.29. The van der Waals surface area contributed by atoms with E-state index in [1.165, 1.54) is 0 Å². The lowest BCUT2D eigenvalue weighted by atomic mass is 9.86. The Morgan fingerprint density at radius 3 is 2.59 bits per heavy atom. The summed E-state index contributed by atoms with van der Waals surface area (Å²) < 4.78 is 44.0. The Bertz CT molecular complexity index is 949. The summed E-state index contributed by atoms with van der Waals surface area (Å²) in [7, 11) is 0. The van der Waals surface area contributed by atoms with Gasteiger partial charge in [-0.05, 0) is 49.4 Å². The van der Waals surface area contributed by atoms with Gasteiger partial charge in [0.15, 0.2) is 0 Å². The number of imidazole rings is 1. The Kier molecular flexibility index (Phi) is 4.85. The summed E-state index contributed by atoms with van der Waals surface area (Å²) in [5, 5.41) is 15.0. The topological polar surface area (TPSA) is 79.2 Å². The lowest BCUT2D eigenvalue weighted by molar-refractivity contribution is -0.225. The van der Waals surface area contributed by atoms with Gasteiger partial charge in [0.05, 0.1) is 11.0 Å². The first kappa shape index (κ1) is 20.2. The van der Waals surface area contributed by atoms with Crippen LogP contribution in [0.25, 0.3) is 11.0 Å². The minimum absolute atomic E-state index is 0.143. The molecule has 2 unspecified atom stereocenters. The van der Waals surface area contributed by atoms with Gasteiger partial charge in [0.25, 0.3) is 11.6 Å². The van der Waals surface area contributed by atoms with Crippen molar-refractivity contribution >= 4 is 22.9 Å². The highest BCUT2D eigenvalue weighted by atomic mass is 19.4. The van der Waals surface area contributed by atoms with Crippen LogP contribution >= 0.6 is 0 Å². The summed E-state index contributed by atoms with van der Waals surface area (Å²) >= 11 is 0. The number of benzene rings is 1. The largest absolute Gasteiger partial charge is 0.435 e. The van der Waals surface area contributed by atoms with Crippen molar-refractivity contribution in [1.82, 2.24) is 14.9 Å². The molecular formula is C20H25F3N4O2. The molecule has 1 fully saturated rings. The maximum atomic E-state index is 14.4. The number of aliphatic hydroxyl groups is 1. The average Bonchev–Trinajstić information content (AvgIpc) is 3.10. The number of aryl methyl sites for hydroxylation is 2. The molecular weight excluding hydrogens is 385 g/mol. The third-order valence-electron chi connectivity index (χ3n) is 6.23. The number of carbonyl (C=O) groups is 1. The van der Waals surface area contributed by atoms with Crippen LogP contribution in [-0.2, 0) is 10.5 Å². The fraction of sp³-hybridized carbons (Fsp3) is 0.600. The first-order chi connectivity index (χ1) is 13.6. The third-order valence-corrected chi connectivity index (χ3v) is 6.23. The Morgan fingerprint density at radius 2 is 1.93 bits per heavy atom. The summed E-state index contributed by atoms with van der Waals surface area (Å²) in [5.41, 5.74) is -0.870. The SMILES string of the molecule is Cc1cc2nc3n(c2cc1C)C(NC(O)CC1CCCCC1)(C(F)(F)F)C(=O)N3. The van der Waals surface area contributed by atoms with Crippen molar-refractivity contribution < 1.29 is 23.1 Å². The van der Waals surface area contributed by atoms with Crippen molar-refractivity contribution in [3.8, 4) is 0 Å². The minimum atomic E-state index is -4.98. The predicted octanol–water partition coefficient (Wildman–Crippen LogP) is 3.70. The van der Waals surface area contributed by atoms with E-state index in [4.69, 9.17) is 0 Å². The quantitative estimate of drug-likeness (QED) is 0.672. The zero-order valence-electron chi connectivity index (χ0n) is 16.4. The normalized spacial score (nSPS) is 24.0. The molecule has 1 saturated carbocycles. The molecule has 1 aliphatic carbocycles. The number of hydrogen-bond donors (Lipinski definition) is 3. The van der Waals surface area contributed by atoms with E-state index in [0.717, 1.165) is 47.8 Å². The first-order valence-corrected chi connectivity index (χ1v) is 9.97. The van der Waals surface area contributed by atoms with Gasteiger partial charge in [-0.1, -0.05) is 32.1 Å². The van der Waals surface area contributed by atoms with Gasteiger partial charge >= 0.3 is 6.18 Å². The zero-order valence-corrected chi connectivity index (χ0v) is 16.4.